The third kappa shape index (κ3) is 3.23. The summed E-state index contributed by atoms with van der Waals surface area (Å²) in [5, 5.41) is 20.4. The van der Waals surface area contributed by atoms with Crippen LogP contribution in [0.15, 0.2) is 28.0 Å². The first kappa shape index (κ1) is 10.8. The minimum absolute atomic E-state index is 0.152. The highest BCUT2D eigenvalue weighted by molar-refractivity contribution is 7.96. The zero-order chi connectivity index (χ0) is 10.6. The molecule has 1 radical (unpaired) electrons. The van der Waals surface area contributed by atoms with Gasteiger partial charge >= 0.3 is 0 Å². The Bertz CT molecular complexity index is 336. The molecule has 0 atom stereocenters. The van der Waals surface area contributed by atoms with Gasteiger partial charge in [0.15, 0.2) is 0 Å². The molecule has 0 aromatic heterocycles. The van der Waals surface area contributed by atoms with E-state index in [2.05, 4.69) is 6.07 Å². The largest absolute Gasteiger partial charge is 0.267 e. The lowest BCUT2D eigenvalue weighted by molar-refractivity contribution is -0.286. The quantitative estimate of drug-likeness (QED) is 0.447. The van der Waals surface area contributed by atoms with Crippen LogP contribution in [0.5, 0.6) is 0 Å². The van der Waals surface area contributed by atoms with E-state index in [4.69, 9.17) is 0 Å². The second kappa shape index (κ2) is 4.82. The first-order valence-corrected chi connectivity index (χ1v) is 4.79. The predicted octanol–water partition coefficient (Wildman–Crippen LogP) is 2.05. The molecule has 0 saturated carbocycles. The van der Waals surface area contributed by atoms with E-state index in [-0.39, 0.29) is 9.79 Å². The first-order chi connectivity index (χ1) is 6.59. The predicted molar refractivity (Wildman–Crippen MR) is 51.0 cm³/mol. The van der Waals surface area contributed by atoms with Gasteiger partial charge in [0, 0.05) is 6.07 Å². The van der Waals surface area contributed by atoms with Crippen molar-refractivity contribution in [2.45, 2.75) is 9.79 Å². The van der Waals surface area contributed by atoms with Crippen LogP contribution in [0.4, 0.5) is 0 Å². The summed E-state index contributed by atoms with van der Waals surface area (Å²) in [5.74, 6) is 0. The standard InChI is InChI=1S/C6H3N2O4S2/c9-7(10)13-5-3-1-2-4-6(5)14-8(11)12/h1-3H. The van der Waals surface area contributed by atoms with Crippen LogP contribution in [0.25, 0.3) is 0 Å². The van der Waals surface area contributed by atoms with Crippen molar-refractivity contribution in [1.82, 2.24) is 0 Å². The zero-order valence-corrected chi connectivity index (χ0v) is 8.21. The van der Waals surface area contributed by atoms with Crippen LogP contribution >= 0.6 is 23.9 Å². The Kier molecular flexibility index (Phi) is 3.72. The van der Waals surface area contributed by atoms with Crippen LogP contribution in [-0.2, 0) is 0 Å². The fraction of sp³-hybridized carbons (Fsp3) is 0. The molecule has 0 amide bonds. The summed E-state index contributed by atoms with van der Waals surface area (Å²) in [6, 6.07) is 7.02. The fourth-order valence-corrected chi connectivity index (χ4v) is 1.80. The Morgan fingerprint density at radius 1 is 1.21 bits per heavy atom. The third-order valence-electron chi connectivity index (χ3n) is 1.12. The molecule has 6 nitrogen and oxygen atoms in total. The van der Waals surface area contributed by atoms with E-state index < -0.39 is 8.66 Å². The van der Waals surface area contributed by atoms with Gasteiger partial charge in [-0.3, -0.25) is 20.2 Å². The van der Waals surface area contributed by atoms with E-state index in [0.717, 1.165) is 0 Å². The smallest absolute Gasteiger partial charge is 0.250 e. The maximum atomic E-state index is 10.2. The highest BCUT2D eigenvalue weighted by atomic mass is 32.2. The van der Waals surface area contributed by atoms with Crippen LogP contribution in [-0.4, -0.2) is 8.66 Å². The van der Waals surface area contributed by atoms with Crippen molar-refractivity contribution < 1.29 is 8.66 Å². The van der Waals surface area contributed by atoms with Crippen molar-refractivity contribution in [2.24, 2.45) is 0 Å². The van der Waals surface area contributed by atoms with Crippen molar-refractivity contribution in [3.05, 3.63) is 44.5 Å². The van der Waals surface area contributed by atoms with Crippen LogP contribution in [0, 0.1) is 26.3 Å². The molecule has 0 N–H and O–H groups in total. The molecule has 14 heavy (non-hydrogen) atoms. The first-order valence-electron chi connectivity index (χ1n) is 3.25. The highest BCUT2D eigenvalue weighted by Gasteiger charge is 2.16. The number of rotatable bonds is 4. The van der Waals surface area contributed by atoms with Gasteiger partial charge in [0.25, 0.3) is 23.9 Å². The summed E-state index contributed by atoms with van der Waals surface area (Å²) in [6.07, 6.45) is 0. The Balaban J connectivity index is 2.90. The van der Waals surface area contributed by atoms with Gasteiger partial charge in [0.05, 0.1) is 0 Å². The molecule has 0 aliphatic carbocycles. The molecule has 8 heteroatoms. The number of nitro groups is 2. The Hall–Kier alpha value is -1.28. The maximum Gasteiger partial charge on any atom is 0.267 e. The molecule has 0 heterocycles. The number of hydrogen-bond acceptors (Lipinski definition) is 6. The molecule has 1 aromatic carbocycles. The Morgan fingerprint density at radius 3 is 2.43 bits per heavy atom. The van der Waals surface area contributed by atoms with Gasteiger partial charge in [-0.25, -0.2) is 0 Å². The van der Waals surface area contributed by atoms with Crippen molar-refractivity contribution in [3.8, 4) is 0 Å². The van der Waals surface area contributed by atoms with E-state index in [9.17, 15) is 20.2 Å². The number of hydrogen-bond donors (Lipinski definition) is 0. The van der Waals surface area contributed by atoms with Crippen LogP contribution < -0.4 is 0 Å². The van der Waals surface area contributed by atoms with Crippen LogP contribution in [0.1, 0.15) is 0 Å². The molecule has 0 spiro atoms. The second-order valence-corrected chi connectivity index (χ2v) is 3.80. The van der Waals surface area contributed by atoms with Gasteiger partial charge in [-0.05, 0) is 6.07 Å². The monoisotopic (exact) mass is 231 g/mol. The third-order valence-corrected chi connectivity index (χ3v) is 2.61. The molecule has 0 saturated heterocycles. The topological polar surface area (TPSA) is 86.3 Å². The van der Waals surface area contributed by atoms with Gasteiger partial charge < -0.3 is 0 Å². The second-order valence-electron chi connectivity index (χ2n) is 1.99. The summed E-state index contributed by atoms with van der Waals surface area (Å²) in [4.78, 5) is 20.7. The van der Waals surface area contributed by atoms with Crippen molar-refractivity contribution >= 4 is 23.9 Å². The summed E-state index contributed by atoms with van der Waals surface area (Å²) < 4.78 is -1.25. The molecular formula is C6H3N2O4S2. The average Bonchev–Trinajstić information content (AvgIpc) is 2.06. The zero-order valence-electron chi connectivity index (χ0n) is 6.58. The fourth-order valence-electron chi connectivity index (χ4n) is 0.704. The Morgan fingerprint density at radius 2 is 1.86 bits per heavy atom. The number of benzene rings is 1. The summed E-state index contributed by atoms with van der Waals surface area (Å²) in [7, 11) is 0. The summed E-state index contributed by atoms with van der Waals surface area (Å²) in [5.41, 5.74) is 0. The van der Waals surface area contributed by atoms with Crippen molar-refractivity contribution in [2.75, 3.05) is 0 Å². The summed E-state index contributed by atoms with van der Waals surface area (Å²) in [6.45, 7) is 0. The van der Waals surface area contributed by atoms with Crippen molar-refractivity contribution in [3.63, 3.8) is 0 Å². The lowest BCUT2D eigenvalue weighted by Crippen LogP contribution is -1.89. The SMILES string of the molecule is O=[N+]([O-])Sc1[c]cccc1S[N+](=O)[O-]. The van der Waals surface area contributed by atoms with Gasteiger partial charge in [-0.2, -0.15) is 0 Å². The van der Waals surface area contributed by atoms with Gasteiger partial charge in [-0.1, -0.05) is 12.1 Å². The molecule has 0 aliphatic rings. The van der Waals surface area contributed by atoms with Gasteiger partial charge in [-0.15, -0.1) is 0 Å². The van der Waals surface area contributed by atoms with Gasteiger partial charge in [0.2, 0.25) is 0 Å². The molecule has 0 bridgehead atoms. The lowest BCUT2D eigenvalue weighted by atomic mass is 10.4. The van der Waals surface area contributed by atoms with Crippen LogP contribution in [0.2, 0.25) is 0 Å². The highest BCUT2D eigenvalue weighted by Crippen LogP contribution is 2.30. The molecule has 0 unspecified atom stereocenters. The molecule has 1 aromatic rings. The van der Waals surface area contributed by atoms with E-state index in [0.29, 0.717) is 23.9 Å². The maximum absolute atomic E-state index is 10.2. The minimum Gasteiger partial charge on any atom is -0.250 e. The van der Waals surface area contributed by atoms with E-state index in [1.165, 1.54) is 18.2 Å². The Labute approximate surface area is 87.3 Å². The molecule has 1 rings (SSSR count). The average molecular weight is 231 g/mol. The van der Waals surface area contributed by atoms with Crippen molar-refractivity contribution in [1.29, 1.82) is 0 Å². The molecule has 0 aliphatic heterocycles. The lowest BCUT2D eigenvalue weighted by Gasteiger charge is -1.95. The van der Waals surface area contributed by atoms with E-state index in [1.54, 1.807) is 0 Å². The van der Waals surface area contributed by atoms with Gasteiger partial charge in [0.1, 0.15) is 18.4 Å². The minimum atomic E-state index is -0.629. The number of nitrogens with zero attached hydrogens (tertiary/aromatic N) is 2. The molecule has 73 valence electrons. The van der Waals surface area contributed by atoms with E-state index in [1.807, 2.05) is 0 Å². The van der Waals surface area contributed by atoms with E-state index >= 15 is 0 Å². The normalized spacial score (nSPS) is 9.71. The molecular weight excluding hydrogens is 228 g/mol. The summed E-state index contributed by atoms with van der Waals surface area (Å²) >= 11 is 0.641. The molecule has 0 fully saturated rings. The van der Waals surface area contributed by atoms with Crippen LogP contribution in [0.3, 0.4) is 0 Å².